The van der Waals surface area contributed by atoms with Crippen molar-refractivity contribution >= 4 is 35.8 Å². The molecule has 0 spiro atoms. The summed E-state index contributed by atoms with van der Waals surface area (Å²) < 4.78 is 48.7. The summed E-state index contributed by atoms with van der Waals surface area (Å²) in [6, 6.07) is 0. The van der Waals surface area contributed by atoms with Gasteiger partial charge < -0.3 is 42.6 Å². The first-order valence-corrected chi connectivity index (χ1v) is 11.9. The van der Waals surface area contributed by atoms with Gasteiger partial charge in [-0.05, 0) is 6.08 Å². The average molecular weight is 561 g/mol. The second-order valence-corrected chi connectivity index (χ2v) is 8.55. The molecule has 0 aromatic heterocycles. The molecule has 2 rings (SSSR count). The number of carbonyl (C=O) groups is 6. The molecule has 218 valence electrons. The molecule has 39 heavy (non-hydrogen) atoms. The van der Waals surface area contributed by atoms with Crippen LogP contribution in [0.2, 0.25) is 0 Å². The Balaban J connectivity index is 2.37. The molecule has 2 aliphatic heterocycles. The number of hydrogen-bond acceptors (Lipinski definition) is 15. The minimum atomic E-state index is -1.48. The van der Waals surface area contributed by atoms with Crippen molar-refractivity contribution in [1.82, 2.24) is 0 Å². The Bertz CT molecular complexity index is 959. The molecule has 0 aromatic carbocycles. The van der Waals surface area contributed by atoms with Gasteiger partial charge in [-0.3, -0.25) is 28.8 Å². The fraction of sp³-hybridized carbons (Fsp3) is 0.667. The Labute approximate surface area is 223 Å². The van der Waals surface area contributed by atoms with E-state index in [0.717, 1.165) is 34.6 Å². The summed E-state index contributed by atoms with van der Waals surface area (Å²) in [6.07, 6.45) is -7.49. The van der Waals surface area contributed by atoms with Gasteiger partial charge in [-0.25, -0.2) is 0 Å². The molecule has 1 saturated heterocycles. The van der Waals surface area contributed by atoms with E-state index in [0.29, 0.717) is 0 Å². The van der Waals surface area contributed by atoms with E-state index in [-0.39, 0.29) is 6.61 Å². The van der Waals surface area contributed by atoms with Crippen LogP contribution in [0.15, 0.2) is 12.3 Å². The summed E-state index contributed by atoms with van der Waals surface area (Å²) in [5.41, 5.74) is 0. The molecule has 2 heterocycles. The molecule has 0 amide bonds. The van der Waals surface area contributed by atoms with Gasteiger partial charge in [0, 0.05) is 41.5 Å². The molecule has 0 saturated carbocycles. The maximum Gasteiger partial charge on any atom is 0.303 e. The molecule has 0 unspecified atom stereocenters. The minimum absolute atomic E-state index is 0.381. The Morgan fingerprint density at radius 2 is 1.10 bits per heavy atom. The first-order valence-electron chi connectivity index (χ1n) is 11.9. The van der Waals surface area contributed by atoms with Crippen molar-refractivity contribution in [2.24, 2.45) is 0 Å². The van der Waals surface area contributed by atoms with Gasteiger partial charge in [-0.1, -0.05) is 0 Å². The second kappa shape index (κ2) is 14.4. The summed E-state index contributed by atoms with van der Waals surface area (Å²) >= 11 is 0. The molecule has 0 bridgehead atoms. The molecule has 15 heteroatoms. The van der Waals surface area contributed by atoms with E-state index in [2.05, 4.69) is 0 Å². The van der Waals surface area contributed by atoms with Crippen LogP contribution >= 0.6 is 0 Å². The van der Waals surface area contributed by atoms with Crippen molar-refractivity contribution in [3.63, 3.8) is 0 Å². The summed E-state index contributed by atoms with van der Waals surface area (Å²) in [4.78, 5) is 70.4. The van der Waals surface area contributed by atoms with Gasteiger partial charge in [0.15, 0.2) is 42.9 Å². The van der Waals surface area contributed by atoms with Gasteiger partial charge in [0.1, 0.15) is 12.7 Å². The van der Waals surface area contributed by atoms with Crippen LogP contribution in [0.5, 0.6) is 0 Å². The largest absolute Gasteiger partial charge is 0.492 e. The van der Waals surface area contributed by atoms with Gasteiger partial charge in [-0.2, -0.15) is 0 Å². The minimum Gasteiger partial charge on any atom is -0.492 e. The molecular formula is C24H32O15. The molecule has 15 nitrogen and oxygen atoms in total. The van der Waals surface area contributed by atoms with Crippen molar-refractivity contribution in [2.45, 2.75) is 90.6 Å². The van der Waals surface area contributed by atoms with Gasteiger partial charge in [-0.15, -0.1) is 0 Å². The van der Waals surface area contributed by atoms with Crippen LogP contribution in [-0.2, 0) is 71.4 Å². The Morgan fingerprint density at radius 3 is 1.64 bits per heavy atom. The quantitative estimate of drug-likeness (QED) is 0.254. The number of ether oxygens (including phenoxy) is 9. The lowest BCUT2D eigenvalue weighted by molar-refractivity contribution is -0.313. The van der Waals surface area contributed by atoms with Gasteiger partial charge in [0.05, 0.1) is 12.9 Å². The standard InChI is InChI=1S/C24H32O15/c1-11(25)32-10-19-21(36-14(4)28)22(37-15(5)29)23(38-16(6)30)24(39-19)33-9-18-20(35-13(3)27)17(7-8-31-18)34-12(2)26/h7-8,17-24H,9-10H2,1-6H3/t17-,18+,19+,20+,21+,22-,23+,24+/m0/s1. The Hall–Kier alpha value is -3.72. The zero-order valence-corrected chi connectivity index (χ0v) is 22.3. The third-order valence-corrected chi connectivity index (χ3v) is 5.19. The van der Waals surface area contributed by atoms with E-state index in [4.69, 9.17) is 42.6 Å². The first kappa shape index (κ1) is 31.5. The molecule has 2 aliphatic rings. The monoisotopic (exact) mass is 560 g/mol. The van der Waals surface area contributed by atoms with Gasteiger partial charge >= 0.3 is 35.8 Å². The molecular weight excluding hydrogens is 528 g/mol. The molecule has 8 atom stereocenters. The highest BCUT2D eigenvalue weighted by Gasteiger charge is 2.53. The summed E-state index contributed by atoms with van der Waals surface area (Å²) in [6.45, 7) is 5.92. The normalized spacial score (nSPS) is 29.7. The Kier molecular flexibility index (Phi) is 11.7. The van der Waals surface area contributed by atoms with Crippen LogP contribution in [0.4, 0.5) is 0 Å². The highest BCUT2D eigenvalue weighted by Crippen LogP contribution is 2.31. The SMILES string of the molecule is CC(=O)OC[C@H]1O[C@@H](OC[C@H]2OC=C[C@H](OC(C)=O)[C@H]2OC(C)=O)[C@H](OC(C)=O)[C@@H](OC(C)=O)[C@@H]1OC(C)=O. The van der Waals surface area contributed by atoms with E-state index >= 15 is 0 Å². The van der Waals surface area contributed by atoms with E-state index in [9.17, 15) is 28.8 Å². The van der Waals surface area contributed by atoms with Crippen molar-refractivity contribution < 1.29 is 71.4 Å². The number of carbonyl (C=O) groups excluding carboxylic acids is 6. The third-order valence-electron chi connectivity index (χ3n) is 5.19. The Morgan fingerprint density at radius 1 is 0.590 bits per heavy atom. The summed E-state index contributed by atoms with van der Waals surface area (Å²) in [7, 11) is 0. The highest BCUT2D eigenvalue weighted by atomic mass is 16.7. The third kappa shape index (κ3) is 9.83. The number of esters is 6. The molecule has 0 aliphatic carbocycles. The van der Waals surface area contributed by atoms with Crippen molar-refractivity contribution in [1.29, 1.82) is 0 Å². The lowest BCUT2D eigenvalue weighted by atomic mass is 9.98. The van der Waals surface area contributed by atoms with Gasteiger partial charge in [0.2, 0.25) is 0 Å². The smallest absolute Gasteiger partial charge is 0.303 e. The van der Waals surface area contributed by atoms with Crippen LogP contribution in [0.3, 0.4) is 0 Å². The fourth-order valence-corrected chi connectivity index (χ4v) is 3.90. The maximum atomic E-state index is 11.9. The predicted octanol–water partition coefficient (Wildman–Crippen LogP) is -0.138. The number of hydrogen-bond donors (Lipinski definition) is 0. The maximum absolute atomic E-state index is 11.9. The lowest BCUT2D eigenvalue weighted by Crippen LogP contribution is -2.63. The number of rotatable bonds is 10. The van der Waals surface area contributed by atoms with Crippen LogP contribution in [0, 0.1) is 0 Å². The van der Waals surface area contributed by atoms with E-state index < -0.39 is 91.4 Å². The van der Waals surface area contributed by atoms with E-state index in [1.165, 1.54) is 19.3 Å². The molecule has 0 radical (unpaired) electrons. The van der Waals surface area contributed by atoms with Crippen molar-refractivity contribution in [3.8, 4) is 0 Å². The van der Waals surface area contributed by atoms with Gasteiger partial charge in [0.25, 0.3) is 0 Å². The highest BCUT2D eigenvalue weighted by molar-refractivity contribution is 5.69. The zero-order chi connectivity index (χ0) is 29.3. The van der Waals surface area contributed by atoms with E-state index in [1.807, 2.05) is 0 Å². The van der Waals surface area contributed by atoms with Crippen molar-refractivity contribution in [3.05, 3.63) is 12.3 Å². The average Bonchev–Trinajstić information content (AvgIpc) is 2.79. The van der Waals surface area contributed by atoms with Crippen LogP contribution in [-0.4, -0.2) is 98.0 Å². The summed E-state index contributed by atoms with van der Waals surface area (Å²) in [5, 5.41) is 0. The fourth-order valence-electron chi connectivity index (χ4n) is 3.90. The molecule has 1 fully saturated rings. The van der Waals surface area contributed by atoms with Crippen LogP contribution in [0.25, 0.3) is 0 Å². The summed E-state index contributed by atoms with van der Waals surface area (Å²) in [5.74, 6) is -4.39. The van der Waals surface area contributed by atoms with E-state index in [1.54, 1.807) is 0 Å². The van der Waals surface area contributed by atoms with Crippen LogP contribution in [0.1, 0.15) is 41.5 Å². The van der Waals surface area contributed by atoms with Crippen LogP contribution < -0.4 is 0 Å². The first-order chi connectivity index (χ1) is 18.3. The second-order valence-electron chi connectivity index (χ2n) is 8.55. The zero-order valence-electron chi connectivity index (χ0n) is 22.3. The molecule has 0 N–H and O–H groups in total. The topological polar surface area (TPSA) is 185 Å². The lowest BCUT2D eigenvalue weighted by Gasteiger charge is -2.44. The van der Waals surface area contributed by atoms with Crippen molar-refractivity contribution in [2.75, 3.05) is 13.2 Å². The molecule has 0 aromatic rings. The predicted molar refractivity (Wildman–Crippen MR) is 123 cm³/mol.